The van der Waals surface area contributed by atoms with Crippen LogP contribution in [0.25, 0.3) is 0 Å². The van der Waals surface area contributed by atoms with E-state index in [1.165, 1.54) is 0 Å². The van der Waals surface area contributed by atoms with Gasteiger partial charge < -0.3 is 25.6 Å². The minimum atomic E-state index is -0.884. The lowest BCUT2D eigenvalue weighted by molar-refractivity contribution is -0.124. The maximum absolute atomic E-state index is 12.3. The third-order valence-corrected chi connectivity index (χ3v) is 3.20. The maximum Gasteiger partial charge on any atom is 0.315 e. The number of hydrogen-bond donors (Lipinski definition) is 3. The molecule has 0 saturated heterocycles. The Labute approximate surface area is 138 Å². The standard InChI is InChI=1S/C15H19N5O4/c1-15(2,19-9-4-6-10(23-3)7-5-9)14(22)17-8-11-18-13(12(16)21)24-20-11/h4-7,19H,8H2,1-3H3,(H2,16,21)(H,17,22). The fraction of sp³-hybridized carbons (Fsp3) is 0.333. The first kappa shape index (κ1) is 17.3. The smallest absolute Gasteiger partial charge is 0.315 e. The Morgan fingerprint density at radius 3 is 2.50 bits per heavy atom. The molecule has 1 aromatic heterocycles. The Bertz CT molecular complexity index is 724. The summed E-state index contributed by atoms with van der Waals surface area (Å²) < 4.78 is 9.74. The molecule has 0 aliphatic rings. The number of ether oxygens (including phenoxy) is 1. The van der Waals surface area contributed by atoms with Gasteiger partial charge in [-0.25, -0.2) is 0 Å². The van der Waals surface area contributed by atoms with Crippen LogP contribution in [-0.2, 0) is 11.3 Å². The van der Waals surface area contributed by atoms with Gasteiger partial charge in [-0.05, 0) is 38.1 Å². The zero-order valence-electron chi connectivity index (χ0n) is 13.6. The fourth-order valence-electron chi connectivity index (χ4n) is 1.90. The van der Waals surface area contributed by atoms with Crippen LogP contribution in [0.15, 0.2) is 28.8 Å². The first-order valence-electron chi connectivity index (χ1n) is 7.15. The van der Waals surface area contributed by atoms with Gasteiger partial charge in [0.2, 0.25) is 5.91 Å². The average molecular weight is 333 g/mol. The molecule has 4 N–H and O–H groups in total. The van der Waals surface area contributed by atoms with E-state index in [9.17, 15) is 9.59 Å². The predicted octanol–water partition coefficient (Wildman–Crippen LogP) is 0.684. The molecule has 2 rings (SSSR count). The molecule has 0 aliphatic heterocycles. The van der Waals surface area contributed by atoms with Crippen LogP contribution >= 0.6 is 0 Å². The number of rotatable bonds is 7. The first-order chi connectivity index (χ1) is 11.3. The summed E-state index contributed by atoms with van der Waals surface area (Å²) >= 11 is 0. The van der Waals surface area contributed by atoms with Crippen LogP contribution in [0.4, 0.5) is 5.69 Å². The van der Waals surface area contributed by atoms with E-state index in [1.807, 2.05) is 12.1 Å². The van der Waals surface area contributed by atoms with E-state index >= 15 is 0 Å². The highest BCUT2D eigenvalue weighted by atomic mass is 16.5. The number of carbonyl (C=O) groups excluding carboxylic acids is 2. The number of amides is 2. The molecule has 0 saturated carbocycles. The highest BCUT2D eigenvalue weighted by molar-refractivity contribution is 5.88. The summed E-state index contributed by atoms with van der Waals surface area (Å²) in [6.07, 6.45) is 0. The van der Waals surface area contributed by atoms with Crippen LogP contribution in [0.1, 0.15) is 30.4 Å². The van der Waals surface area contributed by atoms with Gasteiger partial charge in [-0.3, -0.25) is 9.59 Å². The predicted molar refractivity (Wildman–Crippen MR) is 85.4 cm³/mol. The Morgan fingerprint density at radius 1 is 1.29 bits per heavy atom. The average Bonchev–Trinajstić information content (AvgIpc) is 3.02. The zero-order chi connectivity index (χ0) is 17.7. The Hall–Kier alpha value is -3.10. The van der Waals surface area contributed by atoms with Gasteiger partial charge in [0.15, 0.2) is 5.82 Å². The summed E-state index contributed by atoms with van der Waals surface area (Å²) in [6.45, 7) is 3.48. The Balaban J connectivity index is 1.94. The fourth-order valence-corrected chi connectivity index (χ4v) is 1.90. The number of nitrogens with two attached hydrogens (primary N) is 1. The molecular weight excluding hydrogens is 314 g/mol. The molecule has 2 aromatic rings. The van der Waals surface area contributed by atoms with Crippen molar-refractivity contribution >= 4 is 17.5 Å². The third kappa shape index (κ3) is 4.22. The van der Waals surface area contributed by atoms with Gasteiger partial charge in [-0.1, -0.05) is 5.16 Å². The molecule has 2 amide bonds. The lowest BCUT2D eigenvalue weighted by atomic mass is 10.0. The summed E-state index contributed by atoms with van der Waals surface area (Å²) in [5.74, 6) is -0.497. The van der Waals surface area contributed by atoms with Crippen LogP contribution in [0.2, 0.25) is 0 Å². The summed E-state index contributed by atoms with van der Waals surface area (Å²) in [7, 11) is 1.58. The van der Waals surface area contributed by atoms with Crippen molar-refractivity contribution in [1.29, 1.82) is 0 Å². The molecule has 9 heteroatoms. The van der Waals surface area contributed by atoms with Crippen LogP contribution in [-0.4, -0.2) is 34.6 Å². The van der Waals surface area contributed by atoms with E-state index in [-0.39, 0.29) is 24.2 Å². The highest BCUT2D eigenvalue weighted by Gasteiger charge is 2.27. The van der Waals surface area contributed by atoms with E-state index in [0.717, 1.165) is 11.4 Å². The SMILES string of the molecule is COc1ccc(NC(C)(C)C(=O)NCc2noc(C(N)=O)n2)cc1. The molecule has 0 atom stereocenters. The summed E-state index contributed by atoms with van der Waals surface area (Å²) in [5.41, 5.74) is 4.90. The molecule has 0 fully saturated rings. The molecule has 1 aromatic carbocycles. The third-order valence-electron chi connectivity index (χ3n) is 3.20. The second-order valence-corrected chi connectivity index (χ2v) is 5.54. The van der Waals surface area contributed by atoms with E-state index in [0.29, 0.717) is 0 Å². The van der Waals surface area contributed by atoms with Gasteiger partial charge in [0.1, 0.15) is 11.3 Å². The number of anilines is 1. The van der Waals surface area contributed by atoms with Gasteiger partial charge in [0, 0.05) is 5.69 Å². The van der Waals surface area contributed by atoms with Crippen molar-refractivity contribution in [3.05, 3.63) is 36.0 Å². The molecule has 0 aliphatic carbocycles. The molecule has 24 heavy (non-hydrogen) atoms. The quantitative estimate of drug-likeness (QED) is 0.678. The van der Waals surface area contributed by atoms with Crippen molar-refractivity contribution in [2.24, 2.45) is 5.73 Å². The molecule has 9 nitrogen and oxygen atoms in total. The Morgan fingerprint density at radius 2 is 1.96 bits per heavy atom. The van der Waals surface area contributed by atoms with Crippen molar-refractivity contribution in [1.82, 2.24) is 15.5 Å². The van der Waals surface area contributed by atoms with Crippen LogP contribution in [0.5, 0.6) is 5.75 Å². The van der Waals surface area contributed by atoms with Crippen LogP contribution in [0.3, 0.4) is 0 Å². The number of nitrogens with one attached hydrogen (secondary N) is 2. The monoisotopic (exact) mass is 333 g/mol. The van der Waals surface area contributed by atoms with Gasteiger partial charge in [0.05, 0.1) is 13.7 Å². The number of aromatic nitrogens is 2. The van der Waals surface area contributed by atoms with E-state index in [1.54, 1.807) is 33.1 Å². The second-order valence-electron chi connectivity index (χ2n) is 5.54. The largest absolute Gasteiger partial charge is 0.497 e. The van der Waals surface area contributed by atoms with Crippen molar-refractivity contribution in [2.75, 3.05) is 12.4 Å². The molecule has 0 unspecified atom stereocenters. The van der Waals surface area contributed by atoms with E-state index < -0.39 is 11.4 Å². The van der Waals surface area contributed by atoms with Crippen LogP contribution < -0.4 is 21.1 Å². The molecule has 1 heterocycles. The summed E-state index contributed by atoms with van der Waals surface area (Å²) in [6, 6.07) is 7.21. The minimum Gasteiger partial charge on any atom is -0.497 e. The van der Waals surface area contributed by atoms with Crippen molar-refractivity contribution in [3.63, 3.8) is 0 Å². The number of carbonyl (C=O) groups is 2. The number of nitrogens with zero attached hydrogens (tertiary/aromatic N) is 2. The van der Waals surface area contributed by atoms with Gasteiger partial charge in [-0.2, -0.15) is 4.98 Å². The Kier molecular flexibility index (Phi) is 5.02. The van der Waals surface area contributed by atoms with Gasteiger partial charge >= 0.3 is 11.8 Å². The molecule has 0 radical (unpaired) electrons. The first-order valence-corrected chi connectivity index (χ1v) is 7.15. The normalized spacial score (nSPS) is 11.0. The highest BCUT2D eigenvalue weighted by Crippen LogP contribution is 2.19. The second kappa shape index (κ2) is 6.99. The van der Waals surface area contributed by atoms with E-state index in [4.69, 9.17) is 10.5 Å². The van der Waals surface area contributed by atoms with Crippen molar-refractivity contribution in [3.8, 4) is 5.75 Å². The van der Waals surface area contributed by atoms with Crippen molar-refractivity contribution in [2.45, 2.75) is 25.9 Å². The van der Waals surface area contributed by atoms with Crippen LogP contribution in [0, 0.1) is 0 Å². The molecule has 0 spiro atoms. The number of benzene rings is 1. The molecule has 128 valence electrons. The van der Waals surface area contributed by atoms with Gasteiger partial charge in [-0.15, -0.1) is 0 Å². The zero-order valence-corrected chi connectivity index (χ0v) is 13.6. The molecule has 0 bridgehead atoms. The minimum absolute atomic E-state index is 0.0172. The summed E-state index contributed by atoms with van der Waals surface area (Å²) in [5, 5.41) is 9.35. The van der Waals surface area contributed by atoms with Crippen molar-refractivity contribution < 1.29 is 18.8 Å². The lowest BCUT2D eigenvalue weighted by Crippen LogP contribution is -2.47. The number of hydrogen-bond acceptors (Lipinski definition) is 7. The molecular formula is C15H19N5O4. The summed E-state index contributed by atoms with van der Waals surface area (Å²) in [4.78, 5) is 27.0. The maximum atomic E-state index is 12.3. The number of methoxy groups -OCH3 is 1. The van der Waals surface area contributed by atoms with Gasteiger partial charge in [0.25, 0.3) is 0 Å². The topological polar surface area (TPSA) is 132 Å². The lowest BCUT2D eigenvalue weighted by Gasteiger charge is -2.26. The van der Waals surface area contributed by atoms with E-state index in [2.05, 4.69) is 25.3 Å². The number of primary amides is 1.